The van der Waals surface area contributed by atoms with Crippen LogP contribution in [0.3, 0.4) is 0 Å². The van der Waals surface area contributed by atoms with Gasteiger partial charge in [-0.05, 0) is 38.5 Å². The van der Waals surface area contributed by atoms with Gasteiger partial charge in [-0.2, -0.15) is 0 Å². The zero-order chi connectivity index (χ0) is 37.2. The van der Waals surface area contributed by atoms with Gasteiger partial charge in [-0.3, -0.25) is 9.36 Å². The van der Waals surface area contributed by atoms with E-state index in [2.05, 4.69) is 31.3 Å². The van der Waals surface area contributed by atoms with Crippen LogP contribution in [-0.4, -0.2) is 68.5 Å². The summed E-state index contributed by atoms with van der Waals surface area (Å²) in [6, 6.07) is -0.809. The highest BCUT2D eigenvalue weighted by atomic mass is 31.2. The van der Waals surface area contributed by atoms with Gasteiger partial charge in [0.2, 0.25) is 5.91 Å². The third-order valence-corrected chi connectivity index (χ3v) is 10.5. The molecule has 0 saturated heterocycles. The normalized spacial score (nSPS) is 14.6. The van der Waals surface area contributed by atoms with Gasteiger partial charge in [0.15, 0.2) is 0 Å². The molecule has 50 heavy (non-hydrogen) atoms. The molecule has 0 aliphatic rings. The summed E-state index contributed by atoms with van der Waals surface area (Å²) in [6.07, 6.45) is 36.5. The number of hydrogen-bond donors (Lipinski definition) is 2. The molecule has 0 aliphatic carbocycles. The maximum atomic E-state index is 12.8. The number of aliphatic hydroxyl groups excluding tert-OH is 1. The van der Waals surface area contributed by atoms with Gasteiger partial charge >= 0.3 is 0 Å². The quantitative estimate of drug-likeness (QED) is 0.0283. The maximum Gasteiger partial charge on any atom is 0.268 e. The van der Waals surface area contributed by atoms with Crippen LogP contribution in [0.4, 0.5) is 0 Å². The minimum atomic E-state index is -4.56. The Kier molecular flexibility index (Phi) is 33.5. The molecule has 9 heteroatoms. The number of carbonyl (C=O) groups excluding carboxylic acids is 1. The smallest absolute Gasteiger partial charge is 0.268 e. The van der Waals surface area contributed by atoms with Crippen LogP contribution in [0.5, 0.6) is 0 Å². The molecule has 0 aromatic heterocycles. The molecule has 1 amide bonds. The van der Waals surface area contributed by atoms with Crippen LogP contribution in [0.25, 0.3) is 0 Å². The van der Waals surface area contributed by atoms with E-state index in [1.807, 2.05) is 21.1 Å². The Morgan fingerprint density at radius 3 is 1.56 bits per heavy atom. The standard InChI is InChI=1S/C41H83N2O6P/c1-6-8-10-12-14-16-18-19-20-21-22-23-24-25-27-29-31-33-35-41(45)42-39(38-49-50(46,47)48-37-36-43(3,4)5)40(44)34-32-30-28-26-17-15-13-11-9-7-2/h17,26,39-40,44H,6-16,18-25,27-38H2,1-5H3,(H-,42,45,46,47)/b26-17+/t39-,40+/m0/s1. The molecule has 0 saturated carbocycles. The van der Waals surface area contributed by atoms with Crippen molar-refractivity contribution in [3.8, 4) is 0 Å². The summed E-state index contributed by atoms with van der Waals surface area (Å²) in [5, 5.41) is 13.8. The van der Waals surface area contributed by atoms with Crippen molar-refractivity contribution in [1.29, 1.82) is 0 Å². The topological polar surface area (TPSA) is 108 Å². The third-order valence-electron chi connectivity index (χ3n) is 9.50. The SMILES string of the molecule is CCCCCC/C=C/CCCC[C@@H](O)[C@H](COP(=O)([O-])OCC[N+](C)(C)C)NC(=O)CCCCCCCCCCCCCCCCCCCC. The van der Waals surface area contributed by atoms with Crippen LogP contribution in [0, 0.1) is 0 Å². The molecule has 298 valence electrons. The number of carbonyl (C=O) groups is 1. The van der Waals surface area contributed by atoms with Crippen molar-refractivity contribution >= 4 is 13.7 Å². The Hall–Kier alpha value is -0.760. The molecular weight excluding hydrogens is 647 g/mol. The van der Waals surface area contributed by atoms with E-state index < -0.39 is 20.0 Å². The second kappa shape index (κ2) is 34.0. The number of likely N-dealkylation sites (N-methyl/N-ethyl adjacent to an activating group) is 1. The Balaban J connectivity index is 4.32. The molecule has 0 spiro atoms. The molecule has 0 rings (SSSR count). The number of aliphatic hydroxyl groups is 1. The largest absolute Gasteiger partial charge is 0.756 e. The molecule has 0 fully saturated rings. The van der Waals surface area contributed by atoms with Gasteiger partial charge in [-0.15, -0.1) is 0 Å². The lowest BCUT2D eigenvalue weighted by Crippen LogP contribution is -2.46. The number of nitrogens with one attached hydrogen (secondary N) is 1. The molecule has 3 atom stereocenters. The van der Waals surface area contributed by atoms with Gasteiger partial charge in [0.25, 0.3) is 7.82 Å². The number of phosphoric acid groups is 1. The predicted octanol–water partition coefficient (Wildman–Crippen LogP) is 10.6. The summed E-state index contributed by atoms with van der Waals surface area (Å²) in [4.78, 5) is 25.2. The first-order valence-electron chi connectivity index (χ1n) is 21.0. The number of rotatable bonds is 38. The number of phosphoric ester groups is 1. The second-order valence-electron chi connectivity index (χ2n) is 15.7. The van der Waals surface area contributed by atoms with Crippen molar-refractivity contribution in [2.75, 3.05) is 40.9 Å². The maximum absolute atomic E-state index is 12.8. The first-order chi connectivity index (χ1) is 24.0. The van der Waals surface area contributed by atoms with Gasteiger partial charge in [0.05, 0.1) is 39.9 Å². The molecule has 1 unspecified atom stereocenters. The van der Waals surface area contributed by atoms with Crippen LogP contribution in [-0.2, 0) is 18.4 Å². The van der Waals surface area contributed by atoms with E-state index in [0.29, 0.717) is 23.9 Å². The summed E-state index contributed by atoms with van der Waals surface area (Å²) >= 11 is 0. The van der Waals surface area contributed by atoms with Gasteiger partial charge < -0.3 is 28.8 Å². The van der Waals surface area contributed by atoms with Crippen molar-refractivity contribution in [2.24, 2.45) is 0 Å². The van der Waals surface area contributed by atoms with Gasteiger partial charge in [0.1, 0.15) is 13.2 Å². The van der Waals surface area contributed by atoms with E-state index in [1.165, 1.54) is 122 Å². The van der Waals surface area contributed by atoms with Gasteiger partial charge in [0, 0.05) is 6.42 Å². The number of hydrogen-bond acceptors (Lipinski definition) is 6. The van der Waals surface area contributed by atoms with Crippen LogP contribution in [0.15, 0.2) is 12.2 Å². The lowest BCUT2D eigenvalue weighted by molar-refractivity contribution is -0.870. The fourth-order valence-corrected chi connectivity index (χ4v) is 6.81. The third kappa shape index (κ3) is 35.6. The summed E-state index contributed by atoms with van der Waals surface area (Å²) in [6.45, 7) is 4.67. The number of amides is 1. The zero-order valence-corrected chi connectivity index (χ0v) is 34.5. The van der Waals surface area contributed by atoms with Crippen molar-refractivity contribution in [3.63, 3.8) is 0 Å². The first-order valence-corrected chi connectivity index (χ1v) is 22.5. The van der Waals surface area contributed by atoms with E-state index in [1.54, 1.807) is 0 Å². The van der Waals surface area contributed by atoms with Crippen molar-refractivity contribution < 1.29 is 32.9 Å². The summed E-state index contributed by atoms with van der Waals surface area (Å²) in [5.74, 6) is -0.174. The number of allylic oxidation sites excluding steroid dienone is 2. The summed E-state index contributed by atoms with van der Waals surface area (Å²) in [5.41, 5.74) is 0. The molecule has 0 aromatic carbocycles. The Labute approximate surface area is 310 Å². The number of unbranched alkanes of at least 4 members (excludes halogenated alkanes) is 23. The minimum absolute atomic E-state index is 0.00926. The average molecular weight is 731 g/mol. The van der Waals surface area contributed by atoms with E-state index in [0.717, 1.165) is 44.9 Å². The number of quaternary nitrogens is 1. The van der Waals surface area contributed by atoms with Gasteiger partial charge in [-0.1, -0.05) is 161 Å². The molecule has 2 N–H and O–H groups in total. The summed E-state index contributed by atoms with van der Waals surface area (Å²) < 4.78 is 23.2. The van der Waals surface area contributed by atoms with E-state index in [-0.39, 0.29) is 19.1 Å². The second-order valence-corrected chi connectivity index (χ2v) is 17.1. The Morgan fingerprint density at radius 2 is 1.10 bits per heavy atom. The molecule has 0 heterocycles. The molecule has 8 nitrogen and oxygen atoms in total. The number of nitrogens with zero attached hydrogens (tertiary/aromatic N) is 1. The van der Waals surface area contributed by atoms with Gasteiger partial charge in [-0.25, -0.2) is 0 Å². The first kappa shape index (κ1) is 49.2. The van der Waals surface area contributed by atoms with E-state index in [9.17, 15) is 19.4 Å². The predicted molar refractivity (Wildman–Crippen MR) is 210 cm³/mol. The summed E-state index contributed by atoms with van der Waals surface area (Å²) in [7, 11) is 1.29. The minimum Gasteiger partial charge on any atom is -0.756 e. The molecule has 0 aliphatic heterocycles. The average Bonchev–Trinajstić information content (AvgIpc) is 3.06. The highest BCUT2D eigenvalue weighted by molar-refractivity contribution is 7.45. The molecule has 0 aromatic rings. The van der Waals surface area contributed by atoms with Crippen molar-refractivity contribution in [1.82, 2.24) is 5.32 Å². The Bertz CT molecular complexity index is 834. The highest BCUT2D eigenvalue weighted by Crippen LogP contribution is 2.38. The molecule has 0 bridgehead atoms. The monoisotopic (exact) mass is 731 g/mol. The fraction of sp³-hybridized carbons (Fsp3) is 0.927. The molecular formula is C41H83N2O6P. The van der Waals surface area contributed by atoms with Crippen LogP contribution < -0.4 is 10.2 Å². The van der Waals surface area contributed by atoms with Crippen LogP contribution in [0.2, 0.25) is 0 Å². The van der Waals surface area contributed by atoms with E-state index in [4.69, 9.17) is 9.05 Å². The Morgan fingerprint density at radius 1 is 0.680 bits per heavy atom. The highest BCUT2D eigenvalue weighted by Gasteiger charge is 2.24. The van der Waals surface area contributed by atoms with Crippen molar-refractivity contribution in [2.45, 2.75) is 206 Å². The zero-order valence-electron chi connectivity index (χ0n) is 33.6. The van der Waals surface area contributed by atoms with Crippen LogP contribution >= 0.6 is 7.82 Å². The fourth-order valence-electron chi connectivity index (χ4n) is 6.09. The van der Waals surface area contributed by atoms with E-state index >= 15 is 0 Å². The lowest BCUT2D eigenvalue weighted by Gasteiger charge is -2.30. The van der Waals surface area contributed by atoms with Crippen molar-refractivity contribution in [3.05, 3.63) is 12.2 Å². The lowest BCUT2D eigenvalue weighted by atomic mass is 10.0. The van der Waals surface area contributed by atoms with Crippen LogP contribution in [0.1, 0.15) is 194 Å². The molecule has 0 radical (unpaired) electrons.